The molecule has 0 aliphatic rings. The number of amides is 1. The molecule has 4 rings (SSSR count). The fourth-order valence-electron chi connectivity index (χ4n) is 3.25. The Kier molecular flexibility index (Phi) is 5.99. The minimum atomic E-state index is -0.156. The number of nitrogens with zero attached hydrogens (tertiary/aromatic N) is 3. The van der Waals surface area contributed by atoms with Crippen molar-refractivity contribution in [3.05, 3.63) is 77.1 Å². The number of aromatic nitrogens is 3. The smallest absolute Gasteiger partial charge is 0.263 e. The Morgan fingerprint density at radius 3 is 2.65 bits per heavy atom. The maximum atomic E-state index is 12.9. The van der Waals surface area contributed by atoms with E-state index in [2.05, 4.69) is 15.4 Å². The monoisotopic (exact) mass is 434 g/mol. The first kappa shape index (κ1) is 20.6. The first-order valence-corrected chi connectivity index (χ1v) is 10.5. The minimum absolute atomic E-state index is 0.156. The van der Waals surface area contributed by atoms with Gasteiger partial charge in [0.2, 0.25) is 0 Å². The number of hydrogen-bond acceptors (Lipinski definition) is 6. The lowest BCUT2D eigenvalue weighted by Gasteiger charge is -2.10. The molecule has 2 heterocycles. The maximum absolute atomic E-state index is 12.9. The molecule has 0 fully saturated rings. The molecule has 8 heteroatoms. The molecular weight excluding hydrogens is 412 g/mol. The number of hydrogen-bond donors (Lipinski definition) is 1. The molecule has 0 bridgehead atoms. The van der Waals surface area contributed by atoms with Gasteiger partial charge in [-0.25, -0.2) is 9.67 Å². The molecule has 1 N–H and O–H groups in total. The summed E-state index contributed by atoms with van der Waals surface area (Å²) in [5.74, 6) is 1.11. The summed E-state index contributed by atoms with van der Waals surface area (Å²) in [6, 6.07) is 15.3. The zero-order valence-corrected chi connectivity index (χ0v) is 18.3. The van der Waals surface area contributed by atoms with E-state index in [1.165, 1.54) is 11.3 Å². The molecule has 0 saturated heterocycles. The van der Waals surface area contributed by atoms with E-state index in [-0.39, 0.29) is 5.91 Å². The van der Waals surface area contributed by atoms with E-state index < -0.39 is 0 Å². The highest BCUT2D eigenvalue weighted by molar-refractivity contribution is 7.17. The highest BCUT2D eigenvalue weighted by Crippen LogP contribution is 2.35. The van der Waals surface area contributed by atoms with Crippen LogP contribution in [0.15, 0.2) is 60.9 Å². The number of para-hydroxylation sites is 1. The molecule has 2 aromatic heterocycles. The van der Waals surface area contributed by atoms with Crippen LogP contribution in [0.4, 0.5) is 0 Å². The SMILES string of the molecule is COc1ccc(-c2nc(C)c(C(=O)NCc3ccccc3-n3cccn3)s2)cc1OC. The van der Waals surface area contributed by atoms with E-state index in [9.17, 15) is 4.79 Å². The van der Waals surface area contributed by atoms with Crippen molar-refractivity contribution in [2.45, 2.75) is 13.5 Å². The van der Waals surface area contributed by atoms with Crippen LogP contribution in [0.5, 0.6) is 11.5 Å². The van der Waals surface area contributed by atoms with Crippen molar-refractivity contribution in [2.75, 3.05) is 14.2 Å². The summed E-state index contributed by atoms with van der Waals surface area (Å²) in [5, 5.41) is 8.05. The Bertz CT molecular complexity index is 1200. The second-order valence-corrected chi connectivity index (χ2v) is 7.76. The fraction of sp³-hybridized carbons (Fsp3) is 0.174. The Hall–Kier alpha value is -3.65. The molecular formula is C23H22N4O3S. The molecule has 0 aliphatic heterocycles. The normalized spacial score (nSPS) is 10.7. The largest absolute Gasteiger partial charge is 0.493 e. The van der Waals surface area contributed by atoms with Gasteiger partial charge in [0.25, 0.3) is 5.91 Å². The van der Waals surface area contributed by atoms with Gasteiger partial charge in [-0.3, -0.25) is 4.79 Å². The molecule has 158 valence electrons. The van der Waals surface area contributed by atoms with Gasteiger partial charge in [-0.05, 0) is 42.8 Å². The third-order valence-corrected chi connectivity index (χ3v) is 6.02. The van der Waals surface area contributed by atoms with Crippen molar-refractivity contribution < 1.29 is 14.3 Å². The number of ether oxygens (including phenoxy) is 2. The lowest BCUT2D eigenvalue weighted by molar-refractivity contribution is 0.0954. The fourth-order valence-corrected chi connectivity index (χ4v) is 4.23. The summed E-state index contributed by atoms with van der Waals surface area (Å²) in [6.07, 6.45) is 3.61. The molecule has 7 nitrogen and oxygen atoms in total. The van der Waals surface area contributed by atoms with Gasteiger partial charge in [0.15, 0.2) is 11.5 Å². The number of methoxy groups -OCH3 is 2. The average molecular weight is 435 g/mol. The van der Waals surface area contributed by atoms with Gasteiger partial charge in [-0.15, -0.1) is 11.3 Å². The van der Waals surface area contributed by atoms with Crippen LogP contribution in [0.2, 0.25) is 0 Å². The standard InChI is InChI=1S/C23H22N4O3S/c1-15-21(31-23(26-15)16-9-10-19(29-2)20(13-16)30-3)22(28)24-14-17-7-4-5-8-18(17)27-12-6-11-25-27/h4-13H,14H2,1-3H3,(H,24,28). The molecule has 1 amide bonds. The number of nitrogens with one attached hydrogen (secondary N) is 1. The van der Waals surface area contributed by atoms with E-state index in [1.807, 2.05) is 61.7 Å². The molecule has 0 unspecified atom stereocenters. The summed E-state index contributed by atoms with van der Waals surface area (Å²) in [6.45, 7) is 2.23. The van der Waals surface area contributed by atoms with Crippen molar-refractivity contribution in [2.24, 2.45) is 0 Å². The zero-order valence-electron chi connectivity index (χ0n) is 17.5. The predicted octanol–water partition coefficient (Wildman–Crippen LogP) is 4.25. The first-order chi connectivity index (χ1) is 15.1. The summed E-state index contributed by atoms with van der Waals surface area (Å²) < 4.78 is 12.5. The molecule has 4 aromatic rings. The second kappa shape index (κ2) is 9.01. The summed E-state index contributed by atoms with van der Waals surface area (Å²) in [7, 11) is 3.19. The van der Waals surface area contributed by atoms with Crippen LogP contribution in [0.1, 0.15) is 20.9 Å². The van der Waals surface area contributed by atoms with Crippen LogP contribution in [-0.2, 0) is 6.54 Å². The van der Waals surface area contributed by atoms with Crippen LogP contribution in [0, 0.1) is 6.92 Å². The molecule has 0 spiro atoms. The quantitative estimate of drug-likeness (QED) is 0.470. The maximum Gasteiger partial charge on any atom is 0.263 e. The number of rotatable bonds is 7. The third kappa shape index (κ3) is 4.29. The Labute approximate surface area is 184 Å². The Morgan fingerprint density at radius 2 is 1.90 bits per heavy atom. The lowest BCUT2D eigenvalue weighted by Crippen LogP contribution is -2.23. The van der Waals surface area contributed by atoms with Gasteiger partial charge in [-0.1, -0.05) is 18.2 Å². The van der Waals surface area contributed by atoms with Crippen molar-refractivity contribution in [1.82, 2.24) is 20.1 Å². The number of thiazole rings is 1. The number of carbonyl (C=O) groups excluding carboxylic acids is 1. The van der Waals surface area contributed by atoms with Crippen molar-refractivity contribution >= 4 is 17.2 Å². The van der Waals surface area contributed by atoms with Gasteiger partial charge in [0.05, 0.1) is 25.6 Å². The Balaban J connectivity index is 1.53. The highest BCUT2D eigenvalue weighted by atomic mass is 32.1. The van der Waals surface area contributed by atoms with Gasteiger partial charge < -0.3 is 14.8 Å². The number of aryl methyl sites for hydroxylation is 1. The summed E-state index contributed by atoms with van der Waals surface area (Å²) >= 11 is 1.35. The van der Waals surface area contributed by atoms with Crippen LogP contribution in [0.25, 0.3) is 16.3 Å². The third-order valence-electron chi connectivity index (χ3n) is 4.82. The zero-order chi connectivity index (χ0) is 21.8. The average Bonchev–Trinajstić information content (AvgIpc) is 3.47. The molecule has 2 aromatic carbocycles. The van der Waals surface area contributed by atoms with E-state index in [4.69, 9.17) is 9.47 Å². The van der Waals surface area contributed by atoms with Gasteiger partial charge in [0, 0.05) is 24.5 Å². The molecule has 0 saturated carbocycles. The summed E-state index contributed by atoms with van der Waals surface area (Å²) in [4.78, 5) is 18.1. The van der Waals surface area contributed by atoms with E-state index in [0.29, 0.717) is 28.6 Å². The topological polar surface area (TPSA) is 78.3 Å². The van der Waals surface area contributed by atoms with Crippen molar-refractivity contribution in [3.8, 4) is 27.8 Å². The van der Waals surface area contributed by atoms with Gasteiger partial charge in [0.1, 0.15) is 9.88 Å². The minimum Gasteiger partial charge on any atom is -0.493 e. The van der Waals surface area contributed by atoms with Gasteiger partial charge >= 0.3 is 0 Å². The molecule has 0 radical (unpaired) electrons. The lowest BCUT2D eigenvalue weighted by atomic mass is 10.1. The van der Waals surface area contributed by atoms with E-state index in [1.54, 1.807) is 25.1 Å². The number of carbonyl (C=O) groups is 1. The van der Waals surface area contributed by atoms with Crippen molar-refractivity contribution in [3.63, 3.8) is 0 Å². The summed E-state index contributed by atoms with van der Waals surface area (Å²) in [5.41, 5.74) is 3.46. The molecule has 31 heavy (non-hydrogen) atoms. The van der Waals surface area contributed by atoms with Crippen LogP contribution in [0.3, 0.4) is 0 Å². The molecule has 0 aliphatic carbocycles. The van der Waals surface area contributed by atoms with Crippen molar-refractivity contribution in [1.29, 1.82) is 0 Å². The van der Waals surface area contributed by atoms with E-state index in [0.717, 1.165) is 21.8 Å². The molecule has 0 atom stereocenters. The van der Waals surface area contributed by atoms with Crippen LogP contribution in [-0.4, -0.2) is 34.9 Å². The highest BCUT2D eigenvalue weighted by Gasteiger charge is 2.18. The second-order valence-electron chi connectivity index (χ2n) is 6.77. The van der Waals surface area contributed by atoms with E-state index >= 15 is 0 Å². The Morgan fingerprint density at radius 1 is 1.10 bits per heavy atom. The van der Waals surface area contributed by atoms with Crippen LogP contribution >= 0.6 is 11.3 Å². The number of benzene rings is 2. The first-order valence-electron chi connectivity index (χ1n) is 9.66. The van der Waals surface area contributed by atoms with Crippen LogP contribution < -0.4 is 14.8 Å². The van der Waals surface area contributed by atoms with Gasteiger partial charge in [-0.2, -0.15) is 5.10 Å². The predicted molar refractivity (Wildman–Crippen MR) is 120 cm³/mol.